The van der Waals surface area contributed by atoms with Crippen LogP contribution in [0.1, 0.15) is 20.3 Å². The molecule has 0 aliphatic rings. The van der Waals surface area contributed by atoms with E-state index in [1.807, 2.05) is 13.8 Å². The number of imidazole rings is 1. The van der Waals surface area contributed by atoms with Gasteiger partial charge in [0.15, 0.2) is 16.6 Å². The van der Waals surface area contributed by atoms with Gasteiger partial charge < -0.3 is 15.4 Å². The Hall–Kier alpha value is -4.22. The molecule has 4 N–H and O–H groups in total. The van der Waals surface area contributed by atoms with Crippen LogP contribution < -0.4 is 5.32 Å². The summed E-state index contributed by atoms with van der Waals surface area (Å²) < 4.78 is 28.9. The van der Waals surface area contributed by atoms with Gasteiger partial charge in [-0.25, -0.2) is 14.4 Å². The summed E-state index contributed by atoms with van der Waals surface area (Å²) in [7, 11) is 0. The summed E-state index contributed by atoms with van der Waals surface area (Å²) in [6, 6.07) is 9.77. The number of aliphatic hydroxyl groups is 1. The number of anilines is 1. The number of thiophene rings is 1. The maximum absolute atomic E-state index is 15.2. The van der Waals surface area contributed by atoms with E-state index in [2.05, 4.69) is 35.5 Å². The molecule has 6 aromatic rings. The Morgan fingerprint density at radius 1 is 1.08 bits per heavy atom. The first-order chi connectivity index (χ1) is 18.4. The van der Waals surface area contributed by atoms with Gasteiger partial charge in [-0.2, -0.15) is 9.49 Å². The number of aromatic amines is 2. The Morgan fingerprint density at radius 2 is 1.95 bits per heavy atom. The summed E-state index contributed by atoms with van der Waals surface area (Å²) in [6.07, 6.45) is 4.62. The molecule has 5 heterocycles. The van der Waals surface area contributed by atoms with E-state index in [4.69, 9.17) is 0 Å². The van der Waals surface area contributed by atoms with Crippen molar-refractivity contribution in [2.75, 3.05) is 5.32 Å². The Bertz CT molecular complexity index is 1770. The fraction of sp³-hybridized carbons (Fsp3) is 0.185. The van der Waals surface area contributed by atoms with Gasteiger partial charge in [0.2, 0.25) is 0 Å². The number of pyridine rings is 2. The summed E-state index contributed by atoms with van der Waals surface area (Å²) in [5.74, 6) is 0.317. The van der Waals surface area contributed by atoms with Crippen LogP contribution in [0.4, 0.5) is 14.5 Å². The van der Waals surface area contributed by atoms with Crippen molar-refractivity contribution in [3.8, 4) is 33.1 Å². The second kappa shape index (κ2) is 9.58. The van der Waals surface area contributed by atoms with Crippen molar-refractivity contribution in [1.29, 1.82) is 0 Å². The van der Waals surface area contributed by atoms with E-state index >= 15 is 4.39 Å². The SMILES string of the molecule is CC(C)CC(O)Nc1cncc(-c2cc3c(-c4nc5nccc(-c6ccc(F)s6)c5[nH]4)n[nH]c3cc2F)c1. The number of hydrogen-bond acceptors (Lipinski definition) is 7. The molecule has 1 atom stereocenters. The number of aliphatic hydroxyl groups excluding tert-OH is 1. The van der Waals surface area contributed by atoms with E-state index in [1.165, 1.54) is 12.1 Å². The summed E-state index contributed by atoms with van der Waals surface area (Å²) in [6.45, 7) is 4.04. The van der Waals surface area contributed by atoms with E-state index in [-0.39, 0.29) is 5.13 Å². The number of benzene rings is 1. The summed E-state index contributed by atoms with van der Waals surface area (Å²) in [4.78, 5) is 17.2. The molecule has 6 rings (SSSR count). The van der Waals surface area contributed by atoms with Crippen LogP contribution in [0.3, 0.4) is 0 Å². The quantitative estimate of drug-likeness (QED) is 0.179. The highest BCUT2D eigenvalue weighted by molar-refractivity contribution is 7.14. The Kier molecular flexibility index (Phi) is 6.09. The van der Waals surface area contributed by atoms with Crippen molar-refractivity contribution in [2.45, 2.75) is 26.5 Å². The molecular weight excluding hydrogens is 508 g/mol. The number of H-pyrrole nitrogens is 2. The molecule has 0 bridgehead atoms. The molecule has 1 unspecified atom stereocenters. The number of nitrogens with zero attached hydrogens (tertiary/aromatic N) is 4. The molecule has 0 aliphatic carbocycles. The van der Waals surface area contributed by atoms with Crippen molar-refractivity contribution in [1.82, 2.24) is 30.1 Å². The van der Waals surface area contributed by atoms with Crippen molar-refractivity contribution in [3.05, 3.63) is 65.9 Å². The highest BCUT2D eigenvalue weighted by Crippen LogP contribution is 2.35. The van der Waals surface area contributed by atoms with Crippen LogP contribution in [0, 0.1) is 16.9 Å². The van der Waals surface area contributed by atoms with Crippen molar-refractivity contribution in [2.24, 2.45) is 5.92 Å². The number of aromatic nitrogens is 6. The van der Waals surface area contributed by atoms with E-state index in [0.717, 1.165) is 21.8 Å². The van der Waals surface area contributed by atoms with Gasteiger partial charge in [-0.05, 0) is 42.7 Å². The molecular formula is C27H23F2N7OS. The first-order valence-electron chi connectivity index (χ1n) is 12.0. The molecule has 38 heavy (non-hydrogen) atoms. The lowest BCUT2D eigenvalue weighted by Crippen LogP contribution is -2.20. The maximum atomic E-state index is 15.2. The minimum Gasteiger partial charge on any atom is -0.374 e. The van der Waals surface area contributed by atoms with E-state index < -0.39 is 12.0 Å². The first-order valence-corrected chi connectivity index (χ1v) is 12.9. The molecule has 0 saturated carbocycles. The third-order valence-electron chi connectivity index (χ3n) is 6.18. The maximum Gasteiger partial charge on any atom is 0.178 e. The number of hydrogen-bond donors (Lipinski definition) is 4. The van der Waals surface area contributed by atoms with Gasteiger partial charge in [-0.3, -0.25) is 10.1 Å². The van der Waals surface area contributed by atoms with Gasteiger partial charge in [-0.1, -0.05) is 13.8 Å². The van der Waals surface area contributed by atoms with E-state index in [1.54, 1.807) is 42.9 Å². The van der Waals surface area contributed by atoms with Gasteiger partial charge in [0.1, 0.15) is 17.7 Å². The molecule has 0 aliphatic heterocycles. The number of fused-ring (bicyclic) bond motifs is 2. The smallest absolute Gasteiger partial charge is 0.178 e. The monoisotopic (exact) mass is 531 g/mol. The minimum absolute atomic E-state index is 0.277. The van der Waals surface area contributed by atoms with Gasteiger partial charge in [0, 0.05) is 45.4 Å². The van der Waals surface area contributed by atoms with Crippen molar-refractivity contribution < 1.29 is 13.9 Å². The van der Waals surface area contributed by atoms with Crippen molar-refractivity contribution in [3.63, 3.8) is 0 Å². The molecule has 8 nitrogen and oxygen atoms in total. The lowest BCUT2D eigenvalue weighted by atomic mass is 10.0. The molecule has 0 radical (unpaired) electrons. The lowest BCUT2D eigenvalue weighted by molar-refractivity contribution is 0.176. The van der Waals surface area contributed by atoms with Gasteiger partial charge in [0.05, 0.1) is 22.9 Å². The number of nitrogens with one attached hydrogen (secondary N) is 3. The largest absolute Gasteiger partial charge is 0.374 e. The molecule has 0 fully saturated rings. The fourth-order valence-electron chi connectivity index (χ4n) is 4.49. The van der Waals surface area contributed by atoms with Crippen LogP contribution >= 0.6 is 11.3 Å². The average Bonchev–Trinajstić information content (AvgIpc) is 3.60. The van der Waals surface area contributed by atoms with Crippen LogP contribution in [-0.2, 0) is 0 Å². The normalized spacial score (nSPS) is 12.6. The zero-order valence-electron chi connectivity index (χ0n) is 20.5. The molecule has 0 saturated heterocycles. The molecule has 1 aromatic carbocycles. The third kappa shape index (κ3) is 4.50. The fourth-order valence-corrected chi connectivity index (χ4v) is 5.25. The topological polar surface area (TPSA) is 115 Å². The minimum atomic E-state index is -0.739. The van der Waals surface area contributed by atoms with Crippen LogP contribution in [0.2, 0.25) is 0 Å². The lowest BCUT2D eigenvalue weighted by Gasteiger charge is -2.16. The Balaban J connectivity index is 1.40. The van der Waals surface area contributed by atoms with E-state index in [9.17, 15) is 9.50 Å². The second-order valence-corrected chi connectivity index (χ2v) is 10.5. The van der Waals surface area contributed by atoms with Crippen LogP contribution in [0.15, 0.2) is 55.0 Å². The zero-order valence-corrected chi connectivity index (χ0v) is 21.3. The standard InChI is InChI=1S/C27H23F2N7OS/c1-13(2)7-23(37)32-15-8-14(11-30-12-15)17-9-18-20(10-19(17)28)35-36-25(18)27-33-24-16(5-6-31-26(24)34-27)21-3-4-22(29)38-21/h3-6,8-13,23,32,37H,7H2,1-2H3,(H,35,36)(H,31,33,34). The van der Waals surface area contributed by atoms with E-state index in [0.29, 0.717) is 62.7 Å². The Morgan fingerprint density at radius 3 is 2.74 bits per heavy atom. The average molecular weight is 532 g/mol. The Labute approximate surface area is 219 Å². The summed E-state index contributed by atoms with van der Waals surface area (Å²) in [5.41, 5.74) is 4.37. The van der Waals surface area contributed by atoms with Crippen LogP contribution in [0.25, 0.3) is 55.2 Å². The van der Waals surface area contributed by atoms with Gasteiger partial charge in [0.25, 0.3) is 0 Å². The number of rotatable bonds is 7. The summed E-state index contributed by atoms with van der Waals surface area (Å²) >= 11 is 1.04. The zero-order chi connectivity index (χ0) is 26.4. The summed E-state index contributed by atoms with van der Waals surface area (Å²) in [5, 5.41) is 20.9. The highest BCUT2D eigenvalue weighted by atomic mass is 32.1. The molecule has 5 aromatic heterocycles. The molecule has 0 amide bonds. The second-order valence-electron chi connectivity index (χ2n) is 9.45. The number of halogens is 2. The van der Waals surface area contributed by atoms with Crippen LogP contribution in [0.5, 0.6) is 0 Å². The first kappa shape index (κ1) is 24.1. The molecule has 192 valence electrons. The predicted octanol–water partition coefficient (Wildman–Crippen LogP) is 6.35. The van der Waals surface area contributed by atoms with Gasteiger partial charge >= 0.3 is 0 Å². The van der Waals surface area contributed by atoms with Gasteiger partial charge in [-0.15, -0.1) is 11.3 Å². The predicted molar refractivity (Wildman–Crippen MR) is 145 cm³/mol. The highest BCUT2D eigenvalue weighted by Gasteiger charge is 2.19. The molecule has 0 spiro atoms. The van der Waals surface area contributed by atoms with Crippen molar-refractivity contribution >= 4 is 39.1 Å². The third-order valence-corrected chi connectivity index (χ3v) is 7.09. The van der Waals surface area contributed by atoms with Crippen LogP contribution in [-0.4, -0.2) is 41.5 Å². The molecule has 11 heteroatoms.